The lowest BCUT2D eigenvalue weighted by Gasteiger charge is -2.27. The van der Waals surface area contributed by atoms with Gasteiger partial charge in [-0.05, 0) is 69.1 Å². The number of aromatic nitrogens is 2. The summed E-state index contributed by atoms with van der Waals surface area (Å²) in [6.45, 7) is 5.96. The molecule has 1 fully saturated rings. The average Bonchev–Trinajstić information content (AvgIpc) is 3.02. The predicted molar refractivity (Wildman–Crippen MR) is 128 cm³/mol. The smallest absolute Gasteiger partial charge is 0.251 e. The molecule has 32 heavy (non-hydrogen) atoms. The Hall–Kier alpha value is -2.86. The third-order valence-corrected chi connectivity index (χ3v) is 6.49. The van der Waals surface area contributed by atoms with E-state index < -0.39 is 0 Å². The van der Waals surface area contributed by atoms with Crippen LogP contribution in [0.5, 0.6) is 5.75 Å². The summed E-state index contributed by atoms with van der Waals surface area (Å²) in [7, 11) is 1.67. The van der Waals surface area contributed by atoms with Gasteiger partial charge in [0, 0.05) is 23.5 Å². The van der Waals surface area contributed by atoms with E-state index in [1.807, 2.05) is 47.3 Å². The van der Waals surface area contributed by atoms with Gasteiger partial charge >= 0.3 is 0 Å². The van der Waals surface area contributed by atoms with Crippen LogP contribution >= 0.6 is 0 Å². The second-order valence-corrected chi connectivity index (χ2v) is 8.77. The molecule has 170 valence electrons. The van der Waals surface area contributed by atoms with E-state index >= 15 is 0 Å². The molecule has 2 heterocycles. The zero-order chi connectivity index (χ0) is 22.3. The molecule has 0 bridgehead atoms. The van der Waals surface area contributed by atoms with Crippen molar-refractivity contribution in [2.45, 2.75) is 51.6 Å². The van der Waals surface area contributed by atoms with Gasteiger partial charge in [-0.1, -0.05) is 31.0 Å². The van der Waals surface area contributed by atoms with E-state index in [1.165, 1.54) is 38.8 Å². The maximum atomic E-state index is 12.8. The first kappa shape index (κ1) is 22.3. The minimum absolute atomic E-state index is 0.0240. The molecule has 0 spiro atoms. The molecule has 0 aliphatic carbocycles. The van der Waals surface area contributed by atoms with Gasteiger partial charge in [0.05, 0.1) is 25.4 Å². The number of carbonyl (C=O) groups is 1. The highest BCUT2D eigenvalue weighted by Crippen LogP contribution is 2.19. The van der Waals surface area contributed by atoms with Crippen LogP contribution < -0.4 is 10.1 Å². The number of rotatable bonds is 8. The molecule has 1 aliphatic heterocycles. The number of fused-ring (bicyclic) bond motifs is 1. The Balaban J connectivity index is 1.38. The Kier molecular flexibility index (Phi) is 7.43. The average molecular weight is 435 g/mol. The number of carbonyl (C=O) groups excluding carboxylic acids is 1. The number of ether oxygens (including phenoxy) is 1. The van der Waals surface area contributed by atoms with Gasteiger partial charge in [0.1, 0.15) is 5.75 Å². The number of benzene rings is 2. The van der Waals surface area contributed by atoms with Crippen LogP contribution in [-0.2, 0) is 6.54 Å². The Bertz CT molecular complexity index is 1040. The fraction of sp³-hybridized carbons (Fsp3) is 0.462. The molecule has 6 nitrogen and oxygen atoms in total. The summed E-state index contributed by atoms with van der Waals surface area (Å²) in [4.78, 5) is 15.4. The van der Waals surface area contributed by atoms with E-state index in [2.05, 4.69) is 28.3 Å². The molecule has 1 amide bonds. The van der Waals surface area contributed by atoms with Crippen LogP contribution in [0.15, 0.2) is 48.7 Å². The quantitative estimate of drug-likeness (QED) is 0.568. The maximum absolute atomic E-state index is 12.8. The van der Waals surface area contributed by atoms with Crippen LogP contribution in [0.1, 0.15) is 54.9 Å². The van der Waals surface area contributed by atoms with Crippen molar-refractivity contribution in [3.8, 4) is 5.75 Å². The third-order valence-electron chi connectivity index (χ3n) is 6.49. The van der Waals surface area contributed by atoms with Gasteiger partial charge in [0.15, 0.2) is 0 Å². The van der Waals surface area contributed by atoms with Crippen molar-refractivity contribution >= 4 is 16.8 Å². The summed E-state index contributed by atoms with van der Waals surface area (Å²) in [5.41, 5.74) is 2.73. The second kappa shape index (κ2) is 10.6. The third kappa shape index (κ3) is 5.49. The monoisotopic (exact) mass is 434 g/mol. The van der Waals surface area contributed by atoms with Gasteiger partial charge in [-0.2, -0.15) is 5.10 Å². The lowest BCUT2D eigenvalue weighted by molar-refractivity contribution is 0.0948. The molecule has 1 unspecified atom stereocenters. The number of amides is 1. The number of methoxy groups -OCH3 is 1. The number of nitrogens with one attached hydrogen (secondary N) is 1. The Morgan fingerprint density at radius 2 is 1.94 bits per heavy atom. The first-order valence-electron chi connectivity index (χ1n) is 11.7. The predicted octanol–water partition coefficient (Wildman–Crippen LogP) is 4.48. The van der Waals surface area contributed by atoms with E-state index in [0.29, 0.717) is 24.7 Å². The second-order valence-electron chi connectivity index (χ2n) is 8.77. The summed E-state index contributed by atoms with van der Waals surface area (Å²) in [6, 6.07) is 14.3. The molecular weight excluding hydrogens is 400 g/mol. The molecule has 6 heteroatoms. The minimum atomic E-state index is -0.0240. The lowest BCUT2D eigenvalue weighted by Crippen LogP contribution is -2.37. The first-order valence-corrected chi connectivity index (χ1v) is 11.7. The van der Waals surface area contributed by atoms with Gasteiger partial charge in [-0.15, -0.1) is 0 Å². The highest BCUT2D eigenvalue weighted by Gasteiger charge is 2.16. The normalized spacial score (nSPS) is 15.9. The molecule has 3 aromatic rings. The molecular formula is C26H34N4O2. The van der Waals surface area contributed by atoms with E-state index in [4.69, 9.17) is 4.74 Å². The Morgan fingerprint density at radius 1 is 1.12 bits per heavy atom. The summed E-state index contributed by atoms with van der Waals surface area (Å²) in [6.07, 6.45) is 8.09. The molecule has 1 aromatic heterocycles. The molecule has 1 aliphatic rings. The highest BCUT2D eigenvalue weighted by molar-refractivity contribution is 5.97. The zero-order valence-corrected chi connectivity index (χ0v) is 19.2. The summed E-state index contributed by atoms with van der Waals surface area (Å²) in [5.74, 6) is 0.803. The number of hydrogen-bond donors (Lipinski definition) is 1. The van der Waals surface area contributed by atoms with Crippen molar-refractivity contribution in [3.63, 3.8) is 0 Å². The Morgan fingerprint density at radius 3 is 2.72 bits per heavy atom. The van der Waals surface area contributed by atoms with Crippen molar-refractivity contribution in [1.82, 2.24) is 20.0 Å². The van der Waals surface area contributed by atoms with E-state index in [9.17, 15) is 4.79 Å². The van der Waals surface area contributed by atoms with Crippen molar-refractivity contribution in [1.29, 1.82) is 0 Å². The fourth-order valence-corrected chi connectivity index (χ4v) is 4.50. The topological polar surface area (TPSA) is 59.4 Å². The maximum Gasteiger partial charge on any atom is 0.251 e. The molecule has 2 aromatic carbocycles. The standard InChI is InChI=1S/C26H34N4O2/c1-20(29-14-5-3-4-6-15-29)12-13-27-26(31)22-10-11-23-18-28-30(25(23)17-22)19-21-8-7-9-24(16-21)32-2/h7-11,16-18,20H,3-6,12-15,19H2,1-2H3,(H,27,31). The van der Waals surface area contributed by atoms with Crippen LogP contribution in [0.25, 0.3) is 10.9 Å². The molecule has 0 saturated carbocycles. The van der Waals surface area contributed by atoms with Crippen molar-refractivity contribution < 1.29 is 9.53 Å². The van der Waals surface area contributed by atoms with Crippen molar-refractivity contribution in [2.75, 3.05) is 26.7 Å². The van der Waals surface area contributed by atoms with Crippen LogP contribution in [0, 0.1) is 0 Å². The van der Waals surface area contributed by atoms with Crippen LogP contribution in [-0.4, -0.2) is 53.4 Å². The Labute approximate surface area is 190 Å². The van der Waals surface area contributed by atoms with E-state index in [-0.39, 0.29) is 5.91 Å². The highest BCUT2D eigenvalue weighted by atomic mass is 16.5. The van der Waals surface area contributed by atoms with Crippen molar-refractivity contribution in [3.05, 3.63) is 59.8 Å². The van der Waals surface area contributed by atoms with Crippen molar-refractivity contribution in [2.24, 2.45) is 0 Å². The van der Waals surface area contributed by atoms with Gasteiger partial charge in [0.2, 0.25) is 0 Å². The van der Waals surface area contributed by atoms with Gasteiger partial charge < -0.3 is 15.0 Å². The summed E-state index contributed by atoms with van der Waals surface area (Å²) >= 11 is 0. The van der Waals surface area contributed by atoms with Gasteiger partial charge in [-0.3, -0.25) is 9.48 Å². The van der Waals surface area contributed by atoms with Crippen LogP contribution in [0.4, 0.5) is 0 Å². The summed E-state index contributed by atoms with van der Waals surface area (Å²) in [5, 5.41) is 8.67. The first-order chi connectivity index (χ1) is 15.6. The van der Waals surface area contributed by atoms with Crippen LogP contribution in [0.3, 0.4) is 0 Å². The SMILES string of the molecule is COc1cccc(Cn2ncc3ccc(C(=O)NCCC(C)N4CCCCCC4)cc32)c1. The lowest BCUT2D eigenvalue weighted by atomic mass is 10.1. The van der Waals surface area contributed by atoms with E-state index in [1.54, 1.807) is 7.11 Å². The minimum Gasteiger partial charge on any atom is -0.497 e. The largest absolute Gasteiger partial charge is 0.497 e. The fourth-order valence-electron chi connectivity index (χ4n) is 4.50. The van der Waals surface area contributed by atoms with E-state index in [0.717, 1.165) is 28.6 Å². The number of hydrogen-bond acceptors (Lipinski definition) is 4. The molecule has 4 rings (SSSR count). The molecule has 1 saturated heterocycles. The molecule has 0 radical (unpaired) electrons. The molecule has 1 atom stereocenters. The van der Waals surface area contributed by atoms with Crippen LogP contribution in [0.2, 0.25) is 0 Å². The summed E-state index contributed by atoms with van der Waals surface area (Å²) < 4.78 is 7.26. The number of likely N-dealkylation sites (tertiary alicyclic amines) is 1. The number of nitrogens with zero attached hydrogens (tertiary/aromatic N) is 3. The van der Waals surface area contributed by atoms with Gasteiger partial charge in [-0.25, -0.2) is 0 Å². The van der Waals surface area contributed by atoms with Gasteiger partial charge in [0.25, 0.3) is 5.91 Å². The molecule has 1 N–H and O–H groups in total. The zero-order valence-electron chi connectivity index (χ0n) is 19.2.